The highest BCUT2D eigenvalue weighted by Gasteiger charge is 2.14. The zero-order chi connectivity index (χ0) is 11.2. The first-order valence-electron chi connectivity index (χ1n) is 5.56. The van der Waals surface area contributed by atoms with Crippen molar-refractivity contribution < 1.29 is 4.32 Å². The molecule has 2 heteroatoms. The fourth-order valence-electron chi connectivity index (χ4n) is 1.81. The number of halogens is 1. The Labute approximate surface area is 96.3 Å². The molecule has 0 N–H and O–H groups in total. The maximum atomic E-state index is 13.8. The molecule has 0 amide bonds. The first kappa shape index (κ1) is 10.9. The fourth-order valence-corrected chi connectivity index (χ4v) is 1.81. The lowest BCUT2D eigenvalue weighted by Crippen LogP contribution is -2.14. The van der Waals surface area contributed by atoms with Crippen molar-refractivity contribution in [1.29, 1.82) is 0 Å². The fraction of sp³-hybridized carbons (Fsp3) is 0.143. The third-order valence-electron chi connectivity index (χ3n) is 2.60. The third-order valence-corrected chi connectivity index (χ3v) is 2.60. The molecule has 0 unspecified atom stereocenters. The SMILES string of the molecule is FB(Cc1ccccc1)Cc1ccccc1. The van der Waals surface area contributed by atoms with E-state index in [1.54, 1.807) is 0 Å². The van der Waals surface area contributed by atoms with E-state index < -0.39 is 6.99 Å². The molecule has 2 aromatic carbocycles. The van der Waals surface area contributed by atoms with Crippen molar-refractivity contribution in [3.63, 3.8) is 0 Å². The van der Waals surface area contributed by atoms with Crippen molar-refractivity contribution >= 4 is 6.99 Å². The number of benzene rings is 2. The van der Waals surface area contributed by atoms with E-state index in [-0.39, 0.29) is 0 Å². The van der Waals surface area contributed by atoms with Gasteiger partial charge in [0.1, 0.15) is 0 Å². The quantitative estimate of drug-likeness (QED) is 0.680. The van der Waals surface area contributed by atoms with Crippen LogP contribution in [0.3, 0.4) is 0 Å². The molecule has 16 heavy (non-hydrogen) atoms. The van der Waals surface area contributed by atoms with Crippen LogP contribution in [0, 0.1) is 0 Å². The van der Waals surface area contributed by atoms with Crippen LogP contribution in [0.2, 0.25) is 0 Å². The van der Waals surface area contributed by atoms with Gasteiger partial charge in [-0.25, -0.2) is 0 Å². The van der Waals surface area contributed by atoms with Crippen LogP contribution in [0.1, 0.15) is 11.1 Å². The smallest absolute Gasteiger partial charge is 0.335 e. The largest absolute Gasteiger partial charge is 0.357 e. The Morgan fingerprint density at radius 1 is 0.688 bits per heavy atom. The zero-order valence-electron chi connectivity index (χ0n) is 9.14. The minimum Gasteiger partial charge on any atom is -0.335 e. The Balaban J connectivity index is 1.92. The number of hydrogen-bond donors (Lipinski definition) is 0. The van der Waals surface area contributed by atoms with Gasteiger partial charge in [0.2, 0.25) is 0 Å². The Hall–Kier alpha value is -1.57. The molecule has 0 saturated carbocycles. The van der Waals surface area contributed by atoms with Gasteiger partial charge < -0.3 is 4.32 Å². The Kier molecular flexibility index (Phi) is 3.76. The second kappa shape index (κ2) is 5.50. The van der Waals surface area contributed by atoms with Crippen LogP contribution >= 0.6 is 0 Å². The average Bonchev–Trinajstić information content (AvgIpc) is 2.31. The van der Waals surface area contributed by atoms with Crippen molar-refractivity contribution in [1.82, 2.24) is 0 Å². The zero-order valence-corrected chi connectivity index (χ0v) is 9.14. The molecule has 0 aliphatic heterocycles. The maximum absolute atomic E-state index is 13.8. The van der Waals surface area contributed by atoms with Gasteiger partial charge >= 0.3 is 6.99 Å². The molecule has 0 aliphatic carbocycles. The number of hydrogen-bond acceptors (Lipinski definition) is 0. The summed E-state index contributed by atoms with van der Waals surface area (Å²) in [6, 6.07) is 19.6. The van der Waals surface area contributed by atoms with Crippen LogP contribution in [0.25, 0.3) is 0 Å². The van der Waals surface area contributed by atoms with Crippen LogP contribution in [0.4, 0.5) is 4.32 Å². The van der Waals surface area contributed by atoms with E-state index in [0.717, 1.165) is 11.1 Å². The van der Waals surface area contributed by atoms with E-state index in [1.807, 2.05) is 60.7 Å². The summed E-state index contributed by atoms with van der Waals surface area (Å²) in [4.78, 5) is 0. The van der Waals surface area contributed by atoms with E-state index in [1.165, 1.54) is 0 Å². The van der Waals surface area contributed by atoms with Crippen LogP contribution in [-0.2, 0) is 12.6 Å². The summed E-state index contributed by atoms with van der Waals surface area (Å²) >= 11 is 0. The summed E-state index contributed by atoms with van der Waals surface area (Å²) in [5.74, 6) is 0. The predicted octanol–water partition coefficient (Wildman–Crippen LogP) is 3.51. The Morgan fingerprint density at radius 2 is 1.06 bits per heavy atom. The van der Waals surface area contributed by atoms with Crippen LogP contribution < -0.4 is 0 Å². The van der Waals surface area contributed by atoms with Crippen molar-refractivity contribution in [3.05, 3.63) is 71.8 Å². The highest BCUT2D eigenvalue weighted by Crippen LogP contribution is 2.08. The Bertz CT molecular complexity index is 372. The second-order valence-electron chi connectivity index (χ2n) is 3.98. The van der Waals surface area contributed by atoms with Gasteiger partial charge in [0, 0.05) is 0 Å². The lowest BCUT2D eigenvalue weighted by Gasteiger charge is -2.04. The molecule has 0 spiro atoms. The molecule has 0 aromatic heterocycles. The highest BCUT2D eigenvalue weighted by molar-refractivity contribution is 6.50. The lowest BCUT2D eigenvalue weighted by atomic mass is 9.61. The van der Waals surface area contributed by atoms with Crippen molar-refractivity contribution in [3.8, 4) is 0 Å². The first-order chi connectivity index (χ1) is 7.84. The molecule has 2 aromatic rings. The molecule has 2 rings (SSSR count). The second-order valence-corrected chi connectivity index (χ2v) is 3.98. The summed E-state index contributed by atoms with van der Waals surface area (Å²) in [5, 5.41) is 0. The predicted molar refractivity (Wildman–Crippen MR) is 67.2 cm³/mol. The summed E-state index contributed by atoms with van der Waals surface area (Å²) in [7, 11) is 0. The Morgan fingerprint density at radius 3 is 1.44 bits per heavy atom. The molecular weight excluding hydrogens is 198 g/mol. The molecule has 0 radical (unpaired) electrons. The summed E-state index contributed by atoms with van der Waals surface area (Å²) in [6.45, 7) is -0.801. The van der Waals surface area contributed by atoms with Gasteiger partial charge in [-0.2, -0.15) is 0 Å². The highest BCUT2D eigenvalue weighted by atomic mass is 19.1. The standard InChI is InChI=1S/C14H14BF/c16-15(11-13-7-3-1-4-8-13)12-14-9-5-2-6-10-14/h1-10H,11-12H2. The number of rotatable bonds is 4. The van der Waals surface area contributed by atoms with E-state index >= 15 is 0 Å². The van der Waals surface area contributed by atoms with Crippen LogP contribution in [0.15, 0.2) is 60.7 Å². The van der Waals surface area contributed by atoms with E-state index in [2.05, 4.69) is 0 Å². The summed E-state index contributed by atoms with van der Waals surface area (Å²) in [5.41, 5.74) is 2.12. The summed E-state index contributed by atoms with van der Waals surface area (Å²) in [6.07, 6.45) is 0.992. The molecule has 0 nitrogen and oxygen atoms in total. The minimum absolute atomic E-state index is 0.496. The van der Waals surface area contributed by atoms with Crippen LogP contribution in [0.5, 0.6) is 0 Å². The molecular formula is C14H14BF. The minimum atomic E-state index is -0.801. The van der Waals surface area contributed by atoms with Gasteiger partial charge in [-0.15, -0.1) is 0 Å². The topological polar surface area (TPSA) is 0 Å². The first-order valence-corrected chi connectivity index (χ1v) is 5.56. The van der Waals surface area contributed by atoms with E-state index in [0.29, 0.717) is 12.6 Å². The molecule has 0 saturated heterocycles. The van der Waals surface area contributed by atoms with Gasteiger partial charge in [0.15, 0.2) is 0 Å². The molecule has 0 atom stereocenters. The van der Waals surface area contributed by atoms with Crippen LogP contribution in [-0.4, -0.2) is 6.99 Å². The van der Waals surface area contributed by atoms with Gasteiger partial charge in [0.25, 0.3) is 0 Å². The van der Waals surface area contributed by atoms with E-state index in [4.69, 9.17) is 0 Å². The third kappa shape index (κ3) is 3.23. The summed E-state index contributed by atoms with van der Waals surface area (Å²) < 4.78 is 13.8. The maximum Gasteiger partial charge on any atom is 0.357 e. The van der Waals surface area contributed by atoms with Gasteiger partial charge in [-0.05, 0) is 12.6 Å². The normalized spacial score (nSPS) is 10.1. The molecule has 0 aliphatic rings. The van der Waals surface area contributed by atoms with Gasteiger partial charge in [0.05, 0.1) is 0 Å². The van der Waals surface area contributed by atoms with Crippen molar-refractivity contribution in [2.24, 2.45) is 0 Å². The monoisotopic (exact) mass is 212 g/mol. The average molecular weight is 212 g/mol. The molecule has 0 heterocycles. The molecule has 0 bridgehead atoms. The van der Waals surface area contributed by atoms with Crippen molar-refractivity contribution in [2.75, 3.05) is 0 Å². The molecule has 0 fully saturated rings. The van der Waals surface area contributed by atoms with E-state index in [9.17, 15) is 4.32 Å². The van der Waals surface area contributed by atoms with Gasteiger partial charge in [-0.3, -0.25) is 0 Å². The van der Waals surface area contributed by atoms with Gasteiger partial charge in [-0.1, -0.05) is 71.8 Å². The lowest BCUT2D eigenvalue weighted by molar-refractivity contribution is 0.805. The van der Waals surface area contributed by atoms with Crippen molar-refractivity contribution in [2.45, 2.75) is 12.6 Å². The molecule has 80 valence electrons.